The third-order valence-corrected chi connectivity index (χ3v) is 3.47. The monoisotopic (exact) mass is 422 g/mol. The molecule has 0 aliphatic carbocycles. The Morgan fingerprint density at radius 3 is 1.96 bits per heavy atom. The molecule has 0 aliphatic rings. The Morgan fingerprint density at radius 1 is 0.889 bits per heavy atom. The van der Waals surface area contributed by atoms with Crippen LogP contribution in [0.15, 0.2) is 48.5 Å². The largest absolute Gasteiger partial charge is 0.508 e. The predicted molar refractivity (Wildman–Crippen MR) is 90.0 cm³/mol. The Hall–Kier alpha value is -2.71. The fraction of sp³-hybridized carbons (Fsp3) is 0.0714. The molecular weight excluding hydrogens is 408 g/mol. The Morgan fingerprint density at radius 2 is 1.44 bits per heavy atom. The van der Waals surface area contributed by atoms with Crippen LogP contribution in [0, 0.1) is 0 Å². The van der Waals surface area contributed by atoms with Gasteiger partial charge in [-0.05, 0) is 18.2 Å². The van der Waals surface area contributed by atoms with E-state index in [1.807, 2.05) is 0 Å². The van der Waals surface area contributed by atoms with Gasteiger partial charge in [-0.15, -0.1) is 0 Å². The van der Waals surface area contributed by atoms with Gasteiger partial charge < -0.3 is 14.4 Å². The lowest BCUT2D eigenvalue weighted by Gasteiger charge is -2.03. The molecule has 27 heavy (non-hydrogen) atoms. The zero-order valence-corrected chi connectivity index (χ0v) is 14.9. The summed E-state index contributed by atoms with van der Waals surface area (Å²) in [6.45, 7) is -0.383. The van der Waals surface area contributed by atoms with E-state index >= 15 is 0 Å². The van der Waals surface area contributed by atoms with Gasteiger partial charge >= 0.3 is 26.8 Å². The number of para-hydroxylation sites is 2. The van der Waals surface area contributed by atoms with Gasteiger partial charge in [0.15, 0.2) is 5.75 Å². The topological polar surface area (TPSA) is 185 Å². The summed E-state index contributed by atoms with van der Waals surface area (Å²) in [5.74, 6) is -1.85. The molecule has 2 aromatic carbocycles. The molecule has 0 aliphatic heterocycles. The molecule has 13 heteroatoms. The van der Waals surface area contributed by atoms with Gasteiger partial charge in [-0.1, -0.05) is 30.3 Å². The van der Waals surface area contributed by atoms with Crippen molar-refractivity contribution in [2.45, 2.75) is 6.61 Å². The van der Waals surface area contributed by atoms with E-state index in [1.165, 1.54) is 24.3 Å². The van der Waals surface area contributed by atoms with E-state index in [4.69, 9.17) is 19.3 Å². The fourth-order valence-corrected chi connectivity index (χ4v) is 2.25. The highest BCUT2D eigenvalue weighted by molar-refractivity contribution is 7.81. The van der Waals surface area contributed by atoms with Crippen molar-refractivity contribution < 1.29 is 49.3 Å². The zero-order chi connectivity index (χ0) is 20.7. The van der Waals surface area contributed by atoms with E-state index in [-0.39, 0.29) is 17.9 Å². The molecule has 148 valence electrons. The second kappa shape index (κ2) is 9.29. The number of aromatic carboxylic acids is 1. The minimum Gasteiger partial charge on any atom is -0.508 e. The average molecular weight is 422 g/mol. The van der Waals surface area contributed by atoms with Crippen LogP contribution in [-0.2, 0) is 31.6 Å². The van der Waals surface area contributed by atoms with E-state index in [2.05, 4.69) is 8.37 Å². The highest BCUT2D eigenvalue weighted by atomic mass is 32.3. The van der Waals surface area contributed by atoms with E-state index in [9.17, 15) is 21.6 Å². The van der Waals surface area contributed by atoms with Crippen LogP contribution in [0.1, 0.15) is 15.9 Å². The van der Waals surface area contributed by atoms with Crippen molar-refractivity contribution in [1.29, 1.82) is 0 Å². The highest BCUT2D eigenvalue weighted by Gasteiger charge is 2.15. The number of aromatic hydroxyl groups is 1. The lowest BCUT2D eigenvalue weighted by Crippen LogP contribution is -2.10. The van der Waals surface area contributed by atoms with Crippen molar-refractivity contribution in [3.63, 3.8) is 0 Å². The van der Waals surface area contributed by atoms with Crippen molar-refractivity contribution in [2.75, 3.05) is 0 Å². The average Bonchev–Trinajstić information content (AvgIpc) is 2.53. The molecule has 0 fully saturated rings. The first kappa shape index (κ1) is 22.3. The number of hydrogen-bond donors (Lipinski definition) is 4. The Bertz CT molecular complexity index is 997. The fourth-order valence-electron chi connectivity index (χ4n) is 1.60. The molecule has 0 amide bonds. The lowest BCUT2D eigenvalue weighted by atomic mass is 10.2. The quantitative estimate of drug-likeness (QED) is 0.491. The summed E-state index contributed by atoms with van der Waals surface area (Å²) in [7, 11) is -9.15. The Labute approximate surface area is 154 Å². The molecule has 0 saturated heterocycles. The van der Waals surface area contributed by atoms with E-state index in [0.717, 1.165) is 12.1 Å². The molecule has 0 heterocycles. The third kappa shape index (κ3) is 8.98. The van der Waals surface area contributed by atoms with E-state index < -0.39 is 32.5 Å². The maximum Gasteiger partial charge on any atom is 0.446 e. The molecular formula is C14H14O11S2. The van der Waals surface area contributed by atoms with Gasteiger partial charge in [0.25, 0.3) is 0 Å². The number of carbonyl (C=O) groups is 1. The standard InChI is InChI=1S/C7H6O6S.C7H8O5S/c8-7(9)5-3-1-2-4-6(5)13-14(10,11)12;8-7-4-2-1-3-6(7)5-12-13(9,10)11/h1-4H,(H,8,9)(H,10,11,12);1-4,8H,5H2,(H,9,10,11). The smallest absolute Gasteiger partial charge is 0.446 e. The molecule has 0 saturated carbocycles. The predicted octanol–water partition coefficient (Wildman–Crippen LogP) is 1.28. The highest BCUT2D eigenvalue weighted by Crippen LogP contribution is 2.19. The number of phenols is 1. The van der Waals surface area contributed by atoms with Crippen molar-refractivity contribution in [2.24, 2.45) is 0 Å². The summed E-state index contributed by atoms with van der Waals surface area (Å²) in [5.41, 5.74) is -0.0507. The first-order chi connectivity index (χ1) is 12.4. The molecule has 0 radical (unpaired) electrons. The molecule has 0 unspecified atom stereocenters. The molecule has 0 spiro atoms. The molecule has 11 nitrogen and oxygen atoms in total. The molecule has 0 aromatic heterocycles. The van der Waals surface area contributed by atoms with Crippen LogP contribution in [0.4, 0.5) is 0 Å². The van der Waals surface area contributed by atoms with Crippen LogP contribution < -0.4 is 4.18 Å². The lowest BCUT2D eigenvalue weighted by molar-refractivity contribution is 0.0695. The van der Waals surface area contributed by atoms with Crippen LogP contribution in [-0.4, -0.2) is 42.1 Å². The second-order valence-corrected chi connectivity index (χ2v) is 6.74. The summed E-state index contributed by atoms with van der Waals surface area (Å²) in [6, 6.07) is 11.1. The van der Waals surface area contributed by atoms with E-state index in [0.29, 0.717) is 5.56 Å². The zero-order valence-electron chi connectivity index (χ0n) is 13.3. The van der Waals surface area contributed by atoms with Crippen LogP contribution in [0.2, 0.25) is 0 Å². The van der Waals surface area contributed by atoms with E-state index in [1.54, 1.807) is 12.1 Å². The normalized spacial score (nSPS) is 11.2. The Kier molecular flexibility index (Phi) is 7.68. The van der Waals surface area contributed by atoms with Crippen molar-refractivity contribution >= 4 is 26.8 Å². The summed E-state index contributed by atoms with van der Waals surface area (Å²) in [5, 5.41) is 17.8. The van der Waals surface area contributed by atoms with Crippen LogP contribution in [0.25, 0.3) is 0 Å². The van der Waals surface area contributed by atoms with Crippen LogP contribution >= 0.6 is 0 Å². The SMILES string of the molecule is O=C(O)c1ccccc1OS(=O)(=O)O.O=S(=O)(O)OCc1ccccc1O. The number of carboxylic acids is 1. The number of hydrogen-bond acceptors (Lipinski definition) is 8. The van der Waals surface area contributed by atoms with Crippen LogP contribution in [0.5, 0.6) is 11.5 Å². The van der Waals surface area contributed by atoms with Gasteiger partial charge in [-0.25, -0.2) is 8.98 Å². The van der Waals surface area contributed by atoms with Gasteiger partial charge in [-0.2, -0.15) is 16.8 Å². The minimum atomic E-state index is -4.70. The number of rotatable bonds is 6. The first-order valence-corrected chi connectivity index (χ1v) is 9.50. The maximum atomic E-state index is 10.6. The van der Waals surface area contributed by atoms with Crippen molar-refractivity contribution in [1.82, 2.24) is 0 Å². The molecule has 2 aromatic rings. The van der Waals surface area contributed by atoms with Crippen LogP contribution in [0.3, 0.4) is 0 Å². The second-order valence-electron chi connectivity index (χ2n) is 4.63. The maximum absolute atomic E-state index is 10.6. The van der Waals surface area contributed by atoms with Crippen molar-refractivity contribution in [3.05, 3.63) is 59.7 Å². The summed E-state index contributed by atoms with van der Waals surface area (Å²) in [4.78, 5) is 10.6. The van der Waals surface area contributed by atoms with Gasteiger partial charge in [0.1, 0.15) is 11.3 Å². The summed E-state index contributed by atoms with van der Waals surface area (Å²) in [6.07, 6.45) is 0. The molecule has 0 atom stereocenters. The summed E-state index contributed by atoms with van der Waals surface area (Å²) >= 11 is 0. The summed E-state index contributed by atoms with van der Waals surface area (Å²) < 4.78 is 65.6. The van der Waals surface area contributed by atoms with Gasteiger partial charge in [0.05, 0.1) is 6.61 Å². The van der Waals surface area contributed by atoms with Crippen molar-refractivity contribution in [3.8, 4) is 11.5 Å². The molecule has 0 bridgehead atoms. The number of phenolic OH excluding ortho intramolecular Hbond substituents is 1. The third-order valence-electron chi connectivity index (χ3n) is 2.67. The number of benzene rings is 2. The molecule has 2 rings (SSSR count). The van der Waals surface area contributed by atoms with Gasteiger partial charge in [-0.3, -0.25) is 9.11 Å². The van der Waals surface area contributed by atoms with Gasteiger partial charge in [0.2, 0.25) is 0 Å². The molecule has 4 N–H and O–H groups in total. The number of carboxylic acid groups (broad SMARTS) is 1. The Balaban J connectivity index is 0.000000271. The first-order valence-electron chi connectivity index (χ1n) is 6.77. The minimum absolute atomic E-state index is 0.0776. The van der Waals surface area contributed by atoms with Gasteiger partial charge in [0, 0.05) is 5.56 Å².